The summed E-state index contributed by atoms with van der Waals surface area (Å²) in [6, 6.07) is 16.8. The summed E-state index contributed by atoms with van der Waals surface area (Å²) in [5.74, 6) is 0.521. The van der Waals surface area contributed by atoms with Gasteiger partial charge in [-0.15, -0.1) is 0 Å². The third-order valence-corrected chi connectivity index (χ3v) is 3.08. The van der Waals surface area contributed by atoms with Crippen LogP contribution in [-0.4, -0.2) is 24.5 Å². The van der Waals surface area contributed by atoms with Crippen LogP contribution in [0, 0.1) is 0 Å². The maximum Gasteiger partial charge on any atom is 0.260 e. The number of rotatable bonds is 5. The van der Waals surface area contributed by atoms with E-state index in [1.807, 2.05) is 30.3 Å². The Hall–Kier alpha value is -2.00. The van der Waals surface area contributed by atoms with Crippen LogP contribution >= 0.6 is 11.6 Å². The zero-order valence-electron chi connectivity index (χ0n) is 11.3. The van der Waals surface area contributed by atoms with Crippen molar-refractivity contribution in [2.45, 2.75) is 6.54 Å². The van der Waals surface area contributed by atoms with Crippen LogP contribution in [0.5, 0.6) is 5.75 Å². The molecule has 104 valence electrons. The zero-order valence-corrected chi connectivity index (χ0v) is 12.0. The molecule has 0 saturated heterocycles. The van der Waals surface area contributed by atoms with E-state index < -0.39 is 0 Å². The Morgan fingerprint density at radius 2 is 1.90 bits per heavy atom. The second-order valence-corrected chi connectivity index (χ2v) is 4.92. The molecule has 20 heavy (non-hydrogen) atoms. The Kier molecular flexibility index (Phi) is 5.02. The van der Waals surface area contributed by atoms with Gasteiger partial charge in [-0.3, -0.25) is 4.79 Å². The Balaban J connectivity index is 1.85. The maximum absolute atomic E-state index is 12.0. The largest absolute Gasteiger partial charge is 0.484 e. The van der Waals surface area contributed by atoms with E-state index in [4.69, 9.17) is 16.3 Å². The highest BCUT2D eigenvalue weighted by Crippen LogP contribution is 2.17. The maximum atomic E-state index is 12.0. The van der Waals surface area contributed by atoms with Crippen LogP contribution in [0.4, 0.5) is 0 Å². The molecule has 0 unspecified atom stereocenters. The molecule has 0 aliphatic carbocycles. The smallest absolute Gasteiger partial charge is 0.260 e. The highest BCUT2D eigenvalue weighted by molar-refractivity contribution is 6.30. The average Bonchev–Trinajstić information content (AvgIpc) is 2.46. The molecule has 2 aromatic carbocycles. The number of carbonyl (C=O) groups excluding carboxylic acids is 1. The van der Waals surface area contributed by atoms with Crippen molar-refractivity contribution in [2.24, 2.45) is 0 Å². The van der Waals surface area contributed by atoms with Crippen molar-refractivity contribution in [3.05, 3.63) is 65.2 Å². The van der Waals surface area contributed by atoms with Crippen LogP contribution in [0.2, 0.25) is 5.02 Å². The first kappa shape index (κ1) is 14.4. The highest BCUT2D eigenvalue weighted by atomic mass is 35.5. The van der Waals surface area contributed by atoms with Gasteiger partial charge in [0.1, 0.15) is 5.75 Å². The molecule has 0 bridgehead atoms. The number of amides is 1. The zero-order chi connectivity index (χ0) is 14.4. The molecular formula is C16H16ClNO2. The minimum absolute atomic E-state index is 0.00365. The van der Waals surface area contributed by atoms with E-state index in [-0.39, 0.29) is 12.5 Å². The first-order valence-electron chi connectivity index (χ1n) is 6.31. The lowest BCUT2D eigenvalue weighted by Gasteiger charge is -2.17. The molecule has 4 heteroatoms. The number of benzene rings is 2. The summed E-state index contributed by atoms with van der Waals surface area (Å²) in [5.41, 5.74) is 1.09. The molecule has 0 aromatic heterocycles. The molecule has 0 aliphatic rings. The van der Waals surface area contributed by atoms with Crippen LogP contribution in [-0.2, 0) is 11.3 Å². The van der Waals surface area contributed by atoms with Crippen molar-refractivity contribution in [3.63, 3.8) is 0 Å². The molecule has 2 aromatic rings. The lowest BCUT2D eigenvalue weighted by Crippen LogP contribution is -2.30. The summed E-state index contributed by atoms with van der Waals surface area (Å²) in [6.07, 6.45) is 0. The molecule has 0 N–H and O–H groups in total. The third-order valence-electron chi connectivity index (χ3n) is 2.85. The van der Waals surface area contributed by atoms with E-state index in [9.17, 15) is 4.79 Å². The second-order valence-electron chi connectivity index (χ2n) is 4.48. The van der Waals surface area contributed by atoms with Crippen LogP contribution in [0.3, 0.4) is 0 Å². The number of hydrogen-bond donors (Lipinski definition) is 0. The Morgan fingerprint density at radius 3 is 2.60 bits per heavy atom. The van der Waals surface area contributed by atoms with Gasteiger partial charge < -0.3 is 9.64 Å². The number of carbonyl (C=O) groups is 1. The van der Waals surface area contributed by atoms with Gasteiger partial charge in [-0.1, -0.05) is 48.0 Å². The van der Waals surface area contributed by atoms with Crippen molar-refractivity contribution >= 4 is 17.5 Å². The molecule has 0 heterocycles. The number of ether oxygens (including phenoxy) is 1. The normalized spacial score (nSPS) is 10.1. The van der Waals surface area contributed by atoms with Crippen molar-refractivity contribution in [1.82, 2.24) is 4.90 Å². The Bertz CT molecular complexity index is 572. The molecule has 0 aliphatic heterocycles. The van der Waals surface area contributed by atoms with Gasteiger partial charge >= 0.3 is 0 Å². The minimum atomic E-state index is -0.0752. The summed E-state index contributed by atoms with van der Waals surface area (Å²) >= 11 is 5.85. The molecule has 0 atom stereocenters. The molecule has 2 rings (SSSR count). The predicted octanol–water partition coefficient (Wildman–Crippen LogP) is 3.38. The van der Waals surface area contributed by atoms with Crippen LogP contribution in [0.15, 0.2) is 54.6 Å². The van der Waals surface area contributed by atoms with Gasteiger partial charge in [0.15, 0.2) is 6.61 Å². The fraction of sp³-hybridized carbons (Fsp3) is 0.188. The average molecular weight is 290 g/mol. The van der Waals surface area contributed by atoms with Crippen LogP contribution < -0.4 is 4.74 Å². The van der Waals surface area contributed by atoms with E-state index in [2.05, 4.69) is 0 Å². The Morgan fingerprint density at radius 1 is 1.15 bits per heavy atom. The summed E-state index contributed by atoms with van der Waals surface area (Å²) in [5, 5.41) is 0.590. The fourth-order valence-electron chi connectivity index (χ4n) is 1.76. The van der Waals surface area contributed by atoms with E-state index in [0.717, 1.165) is 5.56 Å². The van der Waals surface area contributed by atoms with E-state index in [1.54, 1.807) is 36.2 Å². The van der Waals surface area contributed by atoms with E-state index in [0.29, 0.717) is 17.3 Å². The van der Waals surface area contributed by atoms with Gasteiger partial charge in [-0.25, -0.2) is 0 Å². The molecular weight excluding hydrogens is 274 g/mol. The lowest BCUT2D eigenvalue weighted by molar-refractivity contribution is -0.132. The number of halogens is 1. The van der Waals surface area contributed by atoms with E-state index in [1.165, 1.54) is 0 Å². The van der Waals surface area contributed by atoms with Gasteiger partial charge in [-0.2, -0.15) is 0 Å². The van der Waals surface area contributed by atoms with Gasteiger partial charge in [-0.05, 0) is 23.8 Å². The fourth-order valence-corrected chi connectivity index (χ4v) is 1.94. The minimum Gasteiger partial charge on any atom is -0.484 e. The number of hydrogen-bond acceptors (Lipinski definition) is 2. The first-order valence-corrected chi connectivity index (χ1v) is 6.69. The quantitative estimate of drug-likeness (QED) is 0.844. The second kappa shape index (κ2) is 6.96. The summed E-state index contributed by atoms with van der Waals surface area (Å²) in [7, 11) is 1.76. The van der Waals surface area contributed by atoms with Gasteiger partial charge in [0, 0.05) is 18.6 Å². The van der Waals surface area contributed by atoms with Gasteiger partial charge in [0.05, 0.1) is 0 Å². The number of likely N-dealkylation sites (N-methyl/N-ethyl adjacent to an activating group) is 1. The van der Waals surface area contributed by atoms with Gasteiger partial charge in [0.25, 0.3) is 5.91 Å². The molecule has 3 nitrogen and oxygen atoms in total. The topological polar surface area (TPSA) is 29.5 Å². The molecule has 0 spiro atoms. The molecule has 0 saturated carbocycles. The first-order chi connectivity index (χ1) is 9.65. The van der Waals surface area contributed by atoms with Crippen LogP contribution in [0.1, 0.15) is 5.56 Å². The van der Waals surface area contributed by atoms with E-state index >= 15 is 0 Å². The van der Waals surface area contributed by atoms with Crippen molar-refractivity contribution in [3.8, 4) is 5.75 Å². The summed E-state index contributed by atoms with van der Waals surface area (Å²) in [4.78, 5) is 13.6. The summed E-state index contributed by atoms with van der Waals surface area (Å²) in [6.45, 7) is 0.572. The number of nitrogens with zero attached hydrogens (tertiary/aromatic N) is 1. The standard InChI is InChI=1S/C16H16ClNO2/c1-18(11-13-6-3-2-4-7-13)16(19)12-20-15-9-5-8-14(17)10-15/h2-10H,11-12H2,1H3. The third kappa shape index (κ3) is 4.28. The van der Waals surface area contributed by atoms with Gasteiger partial charge in [0.2, 0.25) is 0 Å². The highest BCUT2D eigenvalue weighted by Gasteiger charge is 2.10. The summed E-state index contributed by atoms with van der Waals surface area (Å²) < 4.78 is 5.43. The molecule has 0 fully saturated rings. The predicted molar refractivity (Wildman–Crippen MR) is 79.9 cm³/mol. The molecule has 0 radical (unpaired) electrons. The molecule has 1 amide bonds. The SMILES string of the molecule is CN(Cc1ccccc1)C(=O)COc1cccc(Cl)c1. The van der Waals surface area contributed by atoms with Crippen molar-refractivity contribution in [1.29, 1.82) is 0 Å². The lowest BCUT2D eigenvalue weighted by atomic mass is 10.2. The van der Waals surface area contributed by atoms with Crippen molar-refractivity contribution in [2.75, 3.05) is 13.7 Å². The Labute approximate surface area is 123 Å². The monoisotopic (exact) mass is 289 g/mol. The van der Waals surface area contributed by atoms with Crippen molar-refractivity contribution < 1.29 is 9.53 Å². The van der Waals surface area contributed by atoms with Crippen LogP contribution in [0.25, 0.3) is 0 Å².